The lowest BCUT2D eigenvalue weighted by atomic mass is 9.94. The van der Waals surface area contributed by atoms with Crippen LogP contribution in [-0.2, 0) is 9.59 Å². The molecule has 2 aromatic carbocycles. The molecule has 3 heterocycles. The maximum atomic E-state index is 13.3. The van der Waals surface area contributed by atoms with Crippen LogP contribution in [0.25, 0.3) is 5.76 Å². The van der Waals surface area contributed by atoms with Crippen molar-refractivity contribution < 1.29 is 33.6 Å². The number of likely N-dealkylation sites (tertiary alicyclic amines) is 2. The Morgan fingerprint density at radius 3 is 2.54 bits per heavy atom. The highest BCUT2D eigenvalue weighted by molar-refractivity contribution is 6.46. The Hall–Kier alpha value is -3.72. The van der Waals surface area contributed by atoms with E-state index in [1.807, 2.05) is 0 Å². The van der Waals surface area contributed by atoms with Crippen molar-refractivity contribution in [1.82, 2.24) is 9.80 Å². The highest BCUT2D eigenvalue weighted by Crippen LogP contribution is 2.46. The molecule has 5 rings (SSSR count). The Morgan fingerprint density at radius 2 is 1.80 bits per heavy atom. The summed E-state index contributed by atoms with van der Waals surface area (Å²) in [7, 11) is 3.04. The molecule has 1 amide bonds. The second kappa shape index (κ2) is 9.50. The molecule has 0 radical (unpaired) electrons. The summed E-state index contributed by atoms with van der Waals surface area (Å²) < 4.78 is 21.9. The lowest BCUT2D eigenvalue weighted by molar-refractivity contribution is -0.140. The minimum absolute atomic E-state index is 0.00170. The summed E-state index contributed by atoms with van der Waals surface area (Å²) in [4.78, 5) is 30.4. The highest BCUT2D eigenvalue weighted by atomic mass is 16.7. The average molecular weight is 481 g/mol. The first kappa shape index (κ1) is 23.0. The van der Waals surface area contributed by atoms with Gasteiger partial charge in [0.05, 0.1) is 25.8 Å². The summed E-state index contributed by atoms with van der Waals surface area (Å²) in [5, 5.41) is 11.4. The molecule has 2 saturated heterocycles. The van der Waals surface area contributed by atoms with Crippen molar-refractivity contribution in [3.05, 3.63) is 53.1 Å². The Morgan fingerprint density at radius 1 is 1.03 bits per heavy atom. The van der Waals surface area contributed by atoms with Crippen molar-refractivity contribution in [3.63, 3.8) is 0 Å². The number of Topliss-reactive ketones (excluding diaryl/α,β-unsaturated/α-hetero) is 1. The van der Waals surface area contributed by atoms with Crippen LogP contribution in [0.2, 0.25) is 0 Å². The first-order chi connectivity index (χ1) is 17.0. The van der Waals surface area contributed by atoms with Crippen molar-refractivity contribution >= 4 is 17.4 Å². The van der Waals surface area contributed by atoms with Gasteiger partial charge in [0.15, 0.2) is 23.0 Å². The molecule has 1 N–H and O–H groups in total. The van der Waals surface area contributed by atoms with Crippen LogP contribution in [0, 0.1) is 0 Å². The summed E-state index contributed by atoms with van der Waals surface area (Å²) in [6, 6.07) is 9.38. The van der Waals surface area contributed by atoms with Gasteiger partial charge in [-0.2, -0.15) is 0 Å². The van der Waals surface area contributed by atoms with Gasteiger partial charge in [-0.1, -0.05) is 12.1 Å². The summed E-state index contributed by atoms with van der Waals surface area (Å²) in [6.07, 6.45) is 2.24. The number of fused-ring (bicyclic) bond motifs is 1. The van der Waals surface area contributed by atoms with Crippen molar-refractivity contribution in [3.8, 4) is 23.0 Å². The van der Waals surface area contributed by atoms with E-state index >= 15 is 0 Å². The van der Waals surface area contributed by atoms with E-state index in [1.54, 1.807) is 36.4 Å². The molecule has 2 fully saturated rings. The number of aliphatic hydroxyl groups is 1. The SMILES string of the molecule is COc1cccc(C2/C(=C(\O)c3ccc4c(c3)OCO4)C(=O)C(=O)N2CCN2CCCC2)c1OC. The molecule has 0 aromatic heterocycles. The predicted molar refractivity (Wildman–Crippen MR) is 127 cm³/mol. The van der Waals surface area contributed by atoms with Crippen LogP contribution < -0.4 is 18.9 Å². The number of methoxy groups -OCH3 is 2. The average Bonchev–Trinajstić information content (AvgIpc) is 3.62. The first-order valence-electron chi connectivity index (χ1n) is 11.6. The maximum Gasteiger partial charge on any atom is 0.295 e. The monoisotopic (exact) mass is 480 g/mol. The largest absolute Gasteiger partial charge is 0.507 e. The molecule has 0 aliphatic carbocycles. The van der Waals surface area contributed by atoms with Crippen LogP contribution in [0.4, 0.5) is 0 Å². The van der Waals surface area contributed by atoms with Crippen molar-refractivity contribution in [2.75, 3.05) is 47.2 Å². The molecule has 35 heavy (non-hydrogen) atoms. The predicted octanol–water partition coefficient (Wildman–Crippen LogP) is 2.95. The van der Waals surface area contributed by atoms with Crippen LogP contribution in [0.15, 0.2) is 42.0 Å². The smallest absolute Gasteiger partial charge is 0.295 e. The summed E-state index contributed by atoms with van der Waals surface area (Å²) in [6.45, 7) is 3.00. The van der Waals surface area contributed by atoms with E-state index in [4.69, 9.17) is 18.9 Å². The van der Waals surface area contributed by atoms with Gasteiger partial charge in [-0.15, -0.1) is 0 Å². The molecule has 3 aliphatic heterocycles. The highest BCUT2D eigenvalue weighted by Gasteiger charge is 2.47. The van der Waals surface area contributed by atoms with Crippen molar-refractivity contribution in [2.24, 2.45) is 0 Å². The summed E-state index contributed by atoms with van der Waals surface area (Å²) in [5.74, 6) is 0.229. The Balaban J connectivity index is 1.62. The van der Waals surface area contributed by atoms with E-state index in [-0.39, 0.29) is 18.1 Å². The fourth-order valence-electron chi connectivity index (χ4n) is 5.02. The van der Waals surface area contributed by atoms with Crippen LogP contribution >= 0.6 is 0 Å². The fraction of sp³-hybridized carbons (Fsp3) is 0.385. The molecule has 3 aliphatic rings. The van der Waals surface area contributed by atoms with Crippen LogP contribution in [-0.4, -0.2) is 73.8 Å². The number of ketones is 1. The minimum Gasteiger partial charge on any atom is -0.507 e. The molecule has 184 valence electrons. The van der Waals surface area contributed by atoms with Gasteiger partial charge in [0.25, 0.3) is 11.7 Å². The standard InChI is InChI=1S/C26H28N2O7/c1-32-19-7-5-6-17(25(19)33-2)22-21(23(29)16-8-9-18-20(14-16)35-15-34-18)24(30)26(31)28(22)13-12-27-10-3-4-11-27/h5-9,14,22,29H,3-4,10-13,15H2,1-2H3/b23-21+. The molecule has 1 atom stereocenters. The number of aliphatic hydroxyl groups excluding tert-OH is 1. The summed E-state index contributed by atoms with van der Waals surface area (Å²) in [5.41, 5.74) is 0.926. The lowest BCUT2D eigenvalue weighted by Crippen LogP contribution is -2.37. The number of hydrogen-bond donors (Lipinski definition) is 1. The second-order valence-electron chi connectivity index (χ2n) is 8.69. The first-order valence-corrected chi connectivity index (χ1v) is 11.6. The Kier molecular flexibility index (Phi) is 6.25. The maximum absolute atomic E-state index is 13.3. The molecule has 1 unspecified atom stereocenters. The number of para-hydroxylation sites is 1. The Labute approximate surface area is 203 Å². The number of nitrogens with zero attached hydrogens (tertiary/aromatic N) is 2. The Bertz CT molecular complexity index is 1190. The van der Waals surface area contributed by atoms with Gasteiger partial charge in [-0.3, -0.25) is 9.59 Å². The number of carbonyl (C=O) groups is 2. The van der Waals surface area contributed by atoms with E-state index in [9.17, 15) is 14.7 Å². The molecular formula is C26H28N2O7. The third-order valence-corrected chi connectivity index (χ3v) is 6.77. The summed E-state index contributed by atoms with van der Waals surface area (Å²) >= 11 is 0. The van der Waals surface area contributed by atoms with E-state index in [2.05, 4.69) is 4.90 Å². The van der Waals surface area contributed by atoms with Crippen LogP contribution in [0.5, 0.6) is 23.0 Å². The van der Waals surface area contributed by atoms with Crippen LogP contribution in [0.1, 0.15) is 30.0 Å². The zero-order valence-corrected chi connectivity index (χ0v) is 19.8. The number of hydrogen-bond acceptors (Lipinski definition) is 8. The van der Waals surface area contributed by atoms with E-state index in [0.29, 0.717) is 47.2 Å². The van der Waals surface area contributed by atoms with Gasteiger partial charge in [0.1, 0.15) is 5.76 Å². The van der Waals surface area contributed by atoms with Crippen molar-refractivity contribution in [2.45, 2.75) is 18.9 Å². The van der Waals surface area contributed by atoms with Crippen molar-refractivity contribution in [1.29, 1.82) is 0 Å². The van der Waals surface area contributed by atoms with Gasteiger partial charge in [0.2, 0.25) is 6.79 Å². The van der Waals surface area contributed by atoms with Gasteiger partial charge in [0, 0.05) is 24.2 Å². The number of benzene rings is 2. The molecule has 9 heteroatoms. The number of carbonyl (C=O) groups excluding carboxylic acids is 2. The fourth-order valence-corrected chi connectivity index (χ4v) is 5.02. The number of ether oxygens (including phenoxy) is 4. The molecule has 2 aromatic rings. The van der Waals surface area contributed by atoms with Crippen LogP contribution in [0.3, 0.4) is 0 Å². The third kappa shape index (κ3) is 4.05. The quantitative estimate of drug-likeness (QED) is 0.367. The third-order valence-electron chi connectivity index (χ3n) is 6.77. The van der Waals surface area contributed by atoms with E-state index in [1.165, 1.54) is 19.1 Å². The lowest BCUT2D eigenvalue weighted by Gasteiger charge is -2.28. The zero-order chi connectivity index (χ0) is 24.5. The number of amides is 1. The molecule has 0 saturated carbocycles. The molecular weight excluding hydrogens is 452 g/mol. The molecule has 0 spiro atoms. The molecule has 0 bridgehead atoms. The van der Waals surface area contributed by atoms with E-state index in [0.717, 1.165) is 25.9 Å². The topological polar surface area (TPSA) is 97.8 Å². The van der Waals surface area contributed by atoms with Gasteiger partial charge in [-0.25, -0.2) is 0 Å². The minimum atomic E-state index is -0.840. The molecule has 9 nitrogen and oxygen atoms in total. The number of rotatable bonds is 7. The van der Waals surface area contributed by atoms with Gasteiger partial charge in [-0.05, 0) is 50.2 Å². The van der Waals surface area contributed by atoms with Gasteiger partial charge < -0.3 is 33.9 Å². The zero-order valence-electron chi connectivity index (χ0n) is 19.8. The van der Waals surface area contributed by atoms with E-state index < -0.39 is 17.7 Å². The van der Waals surface area contributed by atoms with Gasteiger partial charge >= 0.3 is 0 Å². The second-order valence-corrected chi connectivity index (χ2v) is 8.69. The normalized spacial score (nSPS) is 21.1.